The molecule has 0 amide bonds. The van der Waals surface area contributed by atoms with Gasteiger partial charge >= 0.3 is 0 Å². The second-order valence-electron chi connectivity index (χ2n) is 4.70. The molecule has 0 aliphatic rings. The first-order chi connectivity index (χ1) is 9.01. The lowest BCUT2D eigenvalue weighted by atomic mass is 10.0. The average molecular weight is 296 g/mol. The van der Waals surface area contributed by atoms with E-state index in [4.69, 9.17) is 17.4 Å². The molecular formula is C14H18ClN3S. The molecule has 1 unspecified atom stereocenters. The third-order valence-electron chi connectivity index (χ3n) is 3.09. The van der Waals surface area contributed by atoms with Gasteiger partial charge in [0.2, 0.25) is 0 Å². The Morgan fingerprint density at radius 2 is 2.11 bits per heavy atom. The molecule has 0 saturated heterocycles. The first kappa shape index (κ1) is 14.5. The van der Waals surface area contributed by atoms with E-state index in [1.807, 2.05) is 26.8 Å². The molecule has 1 aromatic heterocycles. The van der Waals surface area contributed by atoms with Crippen molar-refractivity contribution in [2.75, 3.05) is 0 Å². The molecule has 3 N–H and O–H groups in total. The van der Waals surface area contributed by atoms with Gasteiger partial charge in [0, 0.05) is 9.90 Å². The van der Waals surface area contributed by atoms with E-state index in [2.05, 4.69) is 22.5 Å². The zero-order valence-corrected chi connectivity index (χ0v) is 12.9. The lowest BCUT2D eigenvalue weighted by Gasteiger charge is -2.16. The summed E-state index contributed by atoms with van der Waals surface area (Å²) in [5.41, 5.74) is 6.17. The highest BCUT2D eigenvalue weighted by molar-refractivity contribution is 7.11. The predicted molar refractivity (Wildman–Crippen MR) is 81.5 cm³/mol. The van der Waals surface area contributed by atoms with E-state index in [0.29, 0.717) is 0 Å². The van der Waals surface area contributed by atoms with Crippen LogP contribution in [-0.2, 0) is 6.42 Å². The summed E-state index contributed by atoms with van der Waals surface area (Å²) in [6.07, 6.45) is 0.762. The molecule has 5 heteroatoms. The minimum atomic E-state index is 0.0476. The van der Waals surface area contributed by atoms with Gasteiger partial charge in [0.15, 0.2) is 0 Å². The Hall–Kier alpha value is -0.940. The molecule has 0 aliphatic carbocycles. The topological polar surface area (TPSA) is 50.9 Å². The summed E-state index contributed by atoms with van der Waals surface area (Å²) in [6, 6.07) is 6.16. The summed E-state index contributed by atoms with van der Waals surface area (Å²) in [6.45, 7) is 6.05. The van der Waals surface area contributed by atoms with Crippen LogP contribution in [0, 0.1) is 20.8 Å². The zero-order valence-electron chi connectivity index (χ0n) is 11.3. The molecule has 2 rings (SSSR count). The van der Waals surface area contributed by atoms with Crippen LogP contribution in [0.3, 0.4) is 0 Å². The Morgan fingerprint density at radius 1 is 1.37 bits per heavy atom. The lowest BCUT2D eigenvalue weighted by Crippen LogP contribution is -2.29. The van der Waals surface area contributed by atoms with E-state index in [9.17, 15) is 0 Å². The van der Waals surface area contributed by atoms with Crippen molar-refractivity contribution in [2.45, 2.75) is 33.2 Å². The number of benzene rings is 1. The molecule has 0 bridgehead atoms. The Labute approximate surface area is 122 Å². The van der Waals surface area contributed by atoms with E-state index < -0.39 is 0 Å². The maximum absolute atomic E-state index is 6.28. The Kier molecular flexibility index (Phi) is 4.58. The van der Waals surface area contributed by atoms with Crippen LogP contribution in [0.5, 0.6) is 0 Å². The molecule has 0 fully saturated rings. The number of hydrogen-bond acceptors (Lipinski definition) is 4. The summed E-state index contributed by atoms with van der Waals surface area (Å²) in [4.78, 5) is 5.63. The van der Waals surface area contributed by atoms with Gasteiger partial charge < -0.3 is 0 Å². The number of thiazole rings is 1. The van der Waals surface area contributed by atoms with Crippen LogP contribution in [0.4, 0.5) is 0 Å². The van der Waals surface area contributed by atoms with Crippen molar-refractivity contribution in [3.8, 4) is 0 Å². The standard InChI is InChI=1S/C14H18ClN3S/c1-8-4-5-11(12(15)6-8)7-13(18-16)14-9(2)17-10(3)19-14/h4-6,13,18H,7,16H2,1-3H3. The summed E-state index contributed by atoms with van der Waals surface area (Å²) in [5.74, 6) is 5.70. The number of nitrogens with two attached hydrogens (primary N) is 1. The molecular weight excluding hydrogens is 278 g/mol. The van der Waals surface area contributed by atoms with Gasteiger partial charge in [-0.3, -0.25) is 11.3 Å². The summed E-state index contributed by atoms with van der Waals surface area (Å²) in [7, 11) is 0. The summed E-state index contributed by atoms with van der Waals surface area (Å²) < 4.78 is 0. The highest BCUT2D eigenvalue weighted by Crippen LogP contribution is 2.29. The van der Waals surface area contributed by atoms with Gasteiger partial charge in [-0.05, 0) is 44.4 Å². The van der Waals surface area contributed by atoms with Crippen molar-refractivity contribution in [3.63, 3.8) is 0 Å². The number of nitrogens with zero attached hydrogens (tertiary/aromatic N) is 1. The minimum absolute atomic E-state index is 0.0476. The normalized spacial score (nSPS) is 12.7. The average Bonchev–Trinajstić information content (AvgIpc) is 2.68. The van der Waals surface area contributed by atoms with E-state index in [1.165, 1.54) is 4.88 Å². The number of nitrogens with one attached hydrogen (secondary N) is 1. The van der Waals surface area contributed by atoms with Crippen molar-refractivity contribution in [1.29, 1.82) is 0 Å². The molecule has 0 radical (unpaired) electrons. The van der Waals surface area contributed by atoms with Crippen LogP contribution >= 0.6 is 22.9 Å². The lowest BCUT2D eigenvalue weighted by molar-refractivity contribution is 0.557. The molecule has 1 aromatic carbocycles. The predicted octanol–water partition coefficient (Wildman–Crippen LogP) is 3.47. The quantitative estimate of drug-likeness (QED) is 0.671. The Morgan fingerprint density at radius 3 is 2.63 bits per heavy atom. The third-order valence-corrected chi connectivity index (χ3v) is 4.63. The van der Waals surface area contributed by atoms with Crippen molar-refractivity contribution in [2.24, 2.45) is 5.84 Å². The highest BCUT2D eigenvalue weighted by atomic mass is 35.5. The number of hydrogen-bond donors (Lipinski definition) is 2. The van der Waals surface area contributed by atoms with Crippen molar-refractivity contribution in [3.05, 3.63) is 49.9 Å². The number of halogens is 1. The van der Waals surface area contributed by atoms with E-state index in [1.54, 1.807) is 11.3 Å². The van der Waals surface area contributed by atoms with Gasteiger partial charge in [-0.2, -0.15) is 0 Å². The molecule has 0 spiro atoms. The third kappa shape index (κ3) is 3.34. The molecule has 19 heavy (non-hydrogen) atoms. The fraction of sp³-hybridized carbons (Fsp3) is 0.357. The van der Waals surface area contributed by atoms with Crippen LogP contribution < -0.4 is 11.3 Å². The summed E-state index contributed by atoms with van der Waals surface area (Å²) in [5, 5.41) is 1.85. The van der Waals surface area contributed by atoms with E-state index in [-0.39, 0.29) is 6.04 Å². The maximum Gasteiger partial charge on any atom is 0.0900 e. The van der Waals surface area contributed by atoms with Gasteiger partial charge in [-0.1, -0.05) is 23.7 Å². The van der Waals surface area contributed by atoms with Crippen molar-refractivity contribution < 1.29 is 0 Å². The molecule has 102 valence electrons. The van der Waals surface area contributed by atoms with Crippen LogP contribution in [-0.4, -0.2) is 4.98 Å². The van der Waals surface area contributed by atoms with Crippen molar-refractivity contribution >= 4 is 22.9 Å². The highest BCUT2D eigenvalue weighted by Gasteiger charge is 2.18. The molecule has 1 heterocycles. The zero-order chi connectivity index (χ0) is 14.0. The van der Waals surface area contributed by atoms with Gasteiger partial charge in [0.25, 0.3) is 0 Å². The fourth-order valence-corrected chi connectivity index (χ4v) is 3.44. The second-order valence-corrected chi connectivity index (χ2v) is 6.34. The number of rotatable bonds is 4. The fourth-order valence-electron chi connectivity index (χ4n) is 2.14. The van der Waals surface area contributed by atoms with Crippen LogP contribution in [0.15, 0.2) is 18.2 Å². The van der Waals surface area contributed by atoms with Gasteiger partial charge in [-0.25, -0.2) is 4.98 Å². The monoisotopic (exact) mass is 295 g/mol. The van der Waals surface area contributed by atoms with Gasteiger partial charge in [-0.15, -0.1) is 11.3 Å². The maximum atomic E-state index is 6.28. The van der Waals surface area contributed by atoms with Crippen molar-refractivity contribution in [1.82, 2.24) is 10.4 Å². The molecule has 3 nitrogen and oxygen atoms in total. The SMILES string of the molecule is Cc1ccc(CC(NN)c2sc(C)nc2C)c(Cl)c1. The number of hydrazine groups is 1. The van der Waals surface area contributed by atoms with Gasteiger partial charge in [0.1, 0.15) is 0 Å². The molecule has 0 saturated carbocycles. The minimum Gasteiger partial charge on any atom is -0.271 e. The number of aryl methyl sites for hydroxylation is 3. The van der Waals surface area contributed by atoms with Gasteiger partial charge in [0.05, 0.1) is 16.7 Å². The number of aromatic nitrogens is 1. The first-order valence-corrected chi connectivity index (χ1v) is 7.35. The van der Waals surface area contributed by atoms with Crippen LogP contribution in [0.1, 0.15) is 32.7 Å². The molecule has 2 aromatic rings. The largest absolute Gasteiger partial charge is 0.271 e. The smallest absolute Gasteiger partial charge is 0.0900 e. The Balaban J connectivity index is 2.26. The molecule has 0 aliphatic heterocycles. The van der Waals surface area contributed by atoms with Crippen LogP contribution in [0.2, 0.25) is 5.02 Å². The summed E-state index contributed by atoms with van der Waals surface area (Å²) >= 11 is 7.96. The second kappa shape index (κ2) is 6.01. The first-order valence-electron chi connectivity index (χ1n) is 6.16. The Bertz CT molecular complexity index is 580. The molecule has 1 atom stereocenters. The van der Waals surface area contributed by atoms with E-state index >= 15 is 0 Å². The van der Waals surface area contributed by atoms with Crippen LogP contribution in [0.25, 0.3) is 0 Å². The van der Waals surface area contributed by atoms with E-state index in [0.717, 1.165) is 33.3 Å².